The van der Waals surface area contributed by atoms with Gasteiger partial charge >= 0.3 is 0 Å². The lowest BCUT2D eigenvalue weighted by atomic mass is 9.97. The van der Waals surface area contributed by atoms with Crippen molar-refractivity contribution in [3.05, 3.63) is 35.2 Å². The number of hydrazine groups is 1. The molecular formula is C17H29N5O. The minimum Gasteiger partial charge on any atom is -0.360 e. The van der Waals surface area contributed by atoms with Gasteiger partial charge in [-0.1, -0.05) is 19.4 Å². The zero-order chi connectivity index (χ0) is 16.8. The summed E-state index contributed by atoms with van der Waals surface area (Å²) in [6, 6.07) is 0.194. The molecule has 0 bridgehead atoms. The monoisotopic (exact) mass is 319 g/mol. The number of hydrogen-bond acceptors (Lipinski definition) is 5. The molecule has 0 aromatic heterocycles. The number of rotatable bonds is 7. The van der Waals surface area contributed by atoms with Crippen LogP contribution in [0.5, 0.6) is 0 Å². The third kappa shape index (κ3) is 4.22. The van der Waals surface area contributed by atoms with Gasteiger partial charge in [-0.3, -0.25) is 15.3 Å². The molecule has 6 nitrogen and oxygen atoms in total. The Morgan fingerprint density at radius 2 is 2.30 bits per heavy atom. The van der Waals surface area contributed by atoms with E-state index in [2.05, 4.69) is 41.0 Å². The van der Waals surface area contributed by atoms with Crippen molar-refractivity contribution in [3.63, 3.8) is 0 Å². The fraction of sp³-hybridized carbons (Fsp3) is 0.588. The lowest BCUT2D eigenvalue weighted by Crippen LogP contribution is -2.49. The number of amidine groups is 1. The molecule has 0 saturated heterocycles. The summed E-state index contributed by atoms with van der Waals surface area (Å²) < 4.78 is 0. The van der Waals surface area contributed by atoms with Crippen LogP contribution in [0.4, 0.5) is 0 Å². The predicted octanol–water partition coefficient (Wildman–Crippen LogP) is 1.60. The van der Waals surface area contributed by atoms with Crippen LogP contribution in [0, 0.1) is 0 Å². The average molecular weight is 319 g/mol. The summed E-state index contributed by atoms with van der Waals surface area (Å²) in [7, 11) is 1.79. The highest BCUT2D eigenvalue weighted by molar-refractivity contribution is 6.05. The second kappa shape index (κ2) is 8.29. The Balaban J connectivity index is 1.99. The van der Waals surface area contributed by atoms with E-state index in [0.29, 0.717) is 0 Å². The molecule has 2 unspecified atom stereocenters. The Morgan fingerprint density at radius 3 is 2.96 bits per heavy atom. The van der Waals surface area contributed by atoms with Gasteiger partial charge in [-0.2, -0.15) is 0 Å². The van der Waals surface area contributed by atoms with Crippen LogP contribution in [-0.4, -0.2) is 41.9 Å². The molecule has 6 heteroatoms. The van der Waals surface area contributed by atoms with Crippen LogP contribution in [0.3, 0.4) is 0 Å². The Kier molecular flexibility index (Phi) is 6.38. The number of hydrogen-bond donors (Lipinski definition) is 4. The quantitative estimate of drug-likeness (QED) is 0.424. The van der Waals surface area contributed by atoms with Gasteiger partial charge in [0, 0.05) is 31.1 Å². The molecule has 0 aromatic carbocycles. The summed E-state index contributed by atoms with van der Waals surface area (Å²) in [4.78, 5) is 4.26. The first-order valence-corrected chi connectivity index (χ1v) is 8.36. The topological polar surface area (TPSA) is 71.9 Å². The van der Waals surface area contributed by atoms with E-state index in [0.717, 1.165) is 37.2 Å². The van der Waals surface area contributed by atoms with E-state index in [1.165, 1.54) is 11.1 Å². The summed E-state index contributed by atoms with van der Waals surface area (Å²) >= 11 is 0. The second-order valence-electron chi connectivity index (χ2n) is 5.91. The fourth-order valence-electron chi connectivity index (χ4n) is 2.82. The SMILES string of the molecule is C/C=C1/C(CC2=CN(C(O)NCCCC)NC2C)=CNC1=NC. The van der Waals surface area contributed by atoms with Gasteiger partial charge in [-0.05, 0) is 44.4 Å². The fourth-order valence-corrected chi connectivity index (χ4v) is 2.82. The van der Waals surface area contributed by atoms with Crippen LogP contribution in [0.25, 0.3) is 0 Å². The number of unbranched alkanes of at least 4 members (excludes halogenated alkanes) is 1. The van der Waals surface area contributed by atoms with Crippen molar-refractivity contribution in [2.45, 2.75) is 52.4 Å². The lowest BCUT2D eigenvalue weighted by Gasteiger charge is -2.25. The number of aliphatic imine (C=N–C) groups is 1. The van der Waals surface area contributed by atoms with Gasteiger partial charge in [0.05, 0.1) is 0 Å². The van der Waals surface area contributed by atoms with Crippen LogP contribution in [0.15, 0.2) is 40.2 Å². The summed E-state index contributed by atoms with van der Waals surface area (Å²) in [5.74, 6) is 0.917. The highest BCUT2D eigenvalue weighted by Crippen LogP contribution is 2.27. The molecular weight excluding hydrogens is 290 g/mol. The maximum atomic E-state index is 10.2. The Hall–Kier alpha value is -1.63. The Labute approximate surface area is 139 Å². The number of aliphatic hydroxyl groups is 1. The van der Waals surface area contributed by atoms with Gasteiger partial charge in [-0.25, -0.2) is 5.43 Å². The van der Waals surface area contributed by atoms with E-state index >= 15 is 0 Å². The first-order valence-electron chi connectivity index (χ1n) is 8.36. The van der Waals surface area contributed by atoms with E-state index in [4.69, 9.17) is 0 Å². The molecule has 0 fully saturated rings. The maximum Gasteiger partial charge on any atom is 0.197 e. The molecule has 0 aliphatic carbocycles. The second-order valence-corrected chi connectivity index (χ2v) is 5.91. The summed E-state index contributed by atoms with van der Waals surface area (Å²) in [6.45, 7) is 7.08. The molecule has 0 radical (unpaired) electrons. The van der Waals surface area contributed by atoms with Crippen molar-refractivity contribution in [3.8, 4) is 0 Å². The van der Waals surface area contributed by atoms with Crippen molar-refractivity contribution in [2.24, 2.45) is 4.99 Å². The third-order valence-electron chi connectivity index (χ3n) is 4.22. The molecule has 2 heterocycles. The van der Waals surface area contributed by atoms with Gasteiger partial charge in [0.25, 0.3) is 0 Å². The molecule has 128 valence electrons. The standard InChI is InChI=1S/C17H29N5O/c1-5-7-8-19-17(23)22-11-14(12(3)21-22)9-13-10-20-16(18-4)15(13)6-2/h6,10-12,17,19,21,23H,5,7-9H2,1-4H3,(H,18,20)/b15-6-. The van der Waals surface area contributed by atoms with Crippen molar-refractivity contribution < 1.29 is 5.11 Å². The molecule has 23 heavy (non-hydrogen) atoms. The highest BCUT2D eigenvalue weighted by atomic mass is 16.3. The molecule has 0 aromatic rings. The minimum atomic E-state index is -0.703. The lowest BCUT2D eigenvalue weighted by molar-refractivity contribution is -0.0176. The van der Waals surface area contributed by atoms with Crippen LogP contribution in [0.1, 0.15) is 40.0 Å². The molecule has 0 amide bonds. The van der Waals surface area contributed by atoms with Crippen molar-refractivity contribution in [1.82, 2.24) is 21.1 Å². The normalized spacial score (nSPS) is 25.8. The summed E-state index contributed by atoms with van der Waals surface area (Å²) in [5.41, 5.74) is 6.91. The van der Waals surface area contributed by atoms with Gasteiger partial charge in [0.2, 0.25) is 0 Å². The molecule has 2 atom stereocenters. The zero-order valence-corrected chi connectivity index (χ0v) is 14.6. The summed E-state index contributed by atoms with van der Waals surface area (Å²) in [5, 5.41) is 18.3. The van der Waals surface area contributed by atoms with E-state index < -0.39 is 6.35 Å². The molecule has 0 saturated carbocycles. The van der Waals surface area contributed by atoms with Crippen LogP contribution < -0.4 is 16.1 Å². The van der Waals surface area contributed by atoms with Crippen molar-refractivity contribution in [1.29, 1.82) is 0 Å². The number of nitrogens with zero attached hydrogens (tertiary/aromatic N) is 2. The number of allylic oxidation sites excluding steroid dienone is 1. The van der Waals surface area contributed by atoms with Gasteiger partial charge in [0.1, 0.15) is 5.84 Å². The zero-order valence-electron chi connectivity index (χ0n) is 14.6. The van der Waals surface area contributed by atoms with E-state index in [-0.39, 0.29) is 6.04 Å². The van der Waals surface area contributed by atoms with Gasteiger partial charge in [-0.15, -0.1) is 0 Å². The van der Waals surface area contributed by atoms with Crippen LogP contribution in [-0.2, 0) is 0 Å². The smallest absolute Gasteiger partial charge is 0.197 e. The molecule has 4 N–H and O–H groups in total. The van der Waals surface area contributed by atoms with Gasteiger partial charge < -0.3 is 10.4 Å². The Bertz CT molecular complexity index is 535. The van der Waals surface area contributed by atoms with Crippen molar-refractivity contribution in [2.75, 3.05) is 13.6 Å². The number of nitrogens with one attached hydrogen (secondary N) is 3. The first-order chi connectivity index (χ1) is 11.1. The maximum absolute atomic E-state index is 10.2. The van der Waals surface area contributed by atoms with Crippen molar-refractivity contribution >= 4 is 5.84 Å². The molecule has 2 rings (SSSR count). The van der Waals surface area contributed by atoms with Crippen LogP contribution >= 0.6 is 0 Å². The third-order valence-corrected chi connectivity index (χ3v) is 4.22. The van der Waals surface area contributed by atoms with E-state index in [1.54, 1.807) is 12.1 Å². The predicted molar refractivity (Wildman–Crippen MR) is 94.4 cm³/mol. The highest BCUT2D eigenvalue weighted by Gasteiger charge is 2.27. The van der Waals surface area contributed by atoms with E-state index in [9.17, 15) is 5.11 Å². The first kappa shape index (κ1) is 17.7. The summed E-state index contributed by atoms with van der Waals surface area (Å²) in [6.07, 6.45) is 8.40. The minimum absolute atomic E-state index is 0.194. The molecule has 2 aliphatic heterocycles. The van der Waals surface area contributed by atoms with Gasteiger partial charge in [0.15, 0.2) is 6.35 Å². The Morgan fingerprint density at radius 1 is 1.52 bits per heavy atom. The molecule has 0 spiro atoms. The molecule has 2 aliphatic rings. The van der Waals surface area contributed by atoms with E-state index in [1.807, 2.05) is 19.3 Å². The average Bonchev–Trinajstić information content (AvgIpc) is 3.11. The number of aliphatic hydroxyl groups excluding tert-OH is 1. The largest absolute Gasteiger partial charge is 0.360 e. The van der Waals surface area contributed by atoms with Crippen LogP contribution in [0.2, 0.25) is 0 Å².